The third-order valence-corrected chi connectivity index (χ3v) is 3.01. The zero-order valence-electron chi connectivity index (χ0n) is 10.5. The number of hydrogen-bond donors (Lipinski definition) is 3. The number of hydrogen-bond acceptors (Lipinski definition) is 3. The fourth-order valence-electron chi connectivity index (χ4n) is 1.92. The number of aromatic amines is 1. The zero-order chi connectivity index (χ0) is 13.3. The zero-order valence-corrected chi connectivity index (χ0v) is 10.5. The molecule has 1 unspecified atom stereocenters. The van der Waals surface area contributed by atoms with Crippen LogP contribution < -0.4 is 5.73 Å². The molecule has 0 spiro atoms. The fraction of sp³-hybridized carbons (Fsp3) is 0.385. The summed E-state index contributed by atoms with van der Waals surface area (Å²) < 4.78 is 0. The average Bonchev–Trinajstić information content (AvgIpc) is 2.72. The van der Waals surface area contributed by atoms with Crippen molar-refractivity contribution in [1.29, 1.82) is 0 Å². The van der Waals surface area contributed by atoms with E-state index in [1.165, 1.54) is 0 Å². The Balaban J connectivity index is 2.46. The second kappa shape index (κ2) is 4.78. The van der Waals surface area contributed by atoms with Crippen molar-refractivity contribution in [2.75, 3.05) is 6.54 Å². The van der Waals surface area contributed by atoms with Crippen molar-refractivity contribution in [3.8, 4) is 0 Å². The van der Waals surface area contributed by atoms with Gasteiger partial charge in [0.25, 0.3) is 0 Å². The molecule has 96 valence electrons. The monoisotopic (exact) mass is 247 g/mol. The fourth-order valence-corrected chi connectivity index (χ4v) is 1.92. The molecule has 0 radical (unpaired) electrons. The Hall–Kier alpha value is -1.88. The van der Waals surface area contributed by atoms with E-state index in [4.69, 9.17) is 10.8 Å². The lowest BCUT2D eigenvalue weighted by atomic mass is 9.99. The number of fused-ring (bicyclic) bond motifs is 1. The van der Waals surface area contributed by atoms with Crippen LogP contribution in [-0.4, -0.2) is 27.6 Å². The van der Waals surface area contributed by atoms with Gasteiger partial charge in [-0.1, -0.05) is 19.9 Å². The van der Waals surface area contributed by atoms with Crippen molar-refractivity contribution < 1.29 is 9.90 Å². The van der Waals surface area contributed by atoms with Gasteiger partial charge in [-0.3, -0.25) is 4.79 Å². The summed E-state index contributed by atoms with van der Waals surface area (Å²) in [6.07, 6.45) is 0. The maximum atomic E-state index is 11.1. The lowest BCUT2D eigenvalue weighted by molar-refractivity contribution is -0.138. The molecule has 0 saturated heterocycles. The van der Waals surface area contributed by atoms with Crippen molar-refractivity contribution in [3.63, 3.8) is 0 Å². The van der Waals surface area contributed by atoms with Crippen LogP contribution >= 0.6 is 0 Å². The molecule has 0 aliphatic heterocycles. The Morgan fingerprint density at radius 2 is 2.22 bits per heavy atom. The van der Waals surface area contributed by atoms with E-state index in [0.29, 0.717) is 11.5 Å². The molecule has 5 heteroatoms. The minimum atomic E-state index is -0.902. The van der Waals surface area contributed by atoms with E-state index >= 15 is 0 Å². The summed E-state index contributed by atoms with van der Waals surface area (Å²) in [5.74, 6) is -0.354. The number of carboxylic acid groups (broad SMARTS) is 1. The number of carbonyl (C=O) groups is 1. The average molecular weight is 247 g/mol. The number of imidazole rings is 1. The Bertz CT molecular complexity index is 575. The second-order valence-corrected chi connectivity index (χ2v) is 4.68. The molecule has 2 rings (SSSR count). The summed E-state index contributed by atoms with van der Waals surface area (Å²) in [5, 5.41) is 9.09. The molecule has 0 amide bonds. The number of nitrogens with two attached hydrogens (primary N) is 1. The van der Waals surface area contributed by atoms with Crippen LogP contribution in [-0.2, 0) is 4.79 Å². The van der Waals surface area contributed by atoms with Crippen molar-refractivity contribution in [2.45, 2.75) is 25.7 Å². The third kappa shape index (κ3) is 2.22. The minimum absolute atomic E-state index is 0.0893. The molecule has 5 nitrogen and oxygen atoms in total. The van der Waals surface area contributed by atoms with Gasteiger partial charge in [-0.25, -0.2) is 4.98 Å². The van der Waals surface area contributed by atoms with Gasteiger partial charge in [-0.15, -0.1) is 0 Å². The molecule has 18 heavy (non-hydrogen) atoms. The van der Waals surface area contributed by atoms with Gasteiger partial charge < -0.3 is 15.8 Å². The van der Waals surface area contributed by atoms with Gasteiger partial charge in [0.2, 0.25) is 0 Å². The molecular formula is C13H17N3O2. The van der Waals surface area contributed by atoms with Crippen LogP contribution in [0, 0.1) is 0 Å². The highest BCUT2D eigenvalue weighted by atomic mass is 16.4. The second-order valence-electron chi connectivity index (χ2n) is 4.68. The molecule has 0 saturated carbocycles. The Labute approximate surface area is 105 Å². The molecule has 1 atom stereocenters. The van der Waals surface area contributed by atoms with Gasteiger partial charge in [0.1, 0.15) is 5.82 Å². The molecule has 0 aliphatic rings. The number of H-pyrrole nitrogens is 1. The molecule has 0 aliphatic carbocycles. The molecule has 0 bridgehead atoms. The number of nitrogens with zero attached hydrogens (tertiary/aromatic N) is 1. The highest BCUT2D eigenvalue weighted by molar-refractivity contribution is 5.81. The van der Waals surface area contributed by atoms with Gasteiger partial charge in [0.05, 0.1) is 17.0 Å². The van der Waals surface area contributed by atoms with Crippen LogP contribution in [0.4, 0.5) is 0 Å². The Morgan fingerprint density at radius 3 is 2.78 bits per heavy atom. The van der Waals surface area contributed by atoms with Gasteiger partial charge in [0.15, 0.2) is 0 Å². The molecule has 2 aromatic rings. The normalized spacial score (nSPS) is 13.1. The number of aliphatic carboxylic acids is 1. The van der Waals surface area contributed by atoms with Crippen LogP contribution in [0.1, 0.15) is 37.1 Å². The predicted octanol–water partition coefficient (Wildman–Crippen LogP) is 1.81. The highest BCUT2D eigenvalue weighted by Crippen LogP contribution is 2.22. The number of benzene rings is 1. The molecular weight excluding hydrogens is 230 g/mol. The minimum Gasteiger partial charge on any atom is -0.481 e. The van der Waals surface area contributed by atoms with E-state index in [1.807, 2.05) is 12.1 Å². The van der Waals surface area contributed by atoms with E-state index in [1.54, 1.807) is 6.07 Å². The maximum absolute atomic E-state index is 11.1. The van der Waals surface area contributed by atoms with E-state index in [0.717, 1.165) is 16.9 Å². The first kappa shape index (κ1) is 12.6. The Morgan fingerprint density at radius 1 is 1.50 bits per heavy atom. The molecule has 0 fully saturated rings. The number of carboxylic acids is 1. The van der Waals surface area contributed by atoms with E-state index in [-0.39, 0.29) is 6.54 Å². The molecule has 1 aromatic carbocycles. The van der Waals surface area contributed by atoms with Crippen molar-refractivity contribution in [3.05, 3.63) is 29.6 Å². The molecule has 1 aromatic heterocycles. The summed E-state index contributed by atoms with van der Waals surface area (Å²) >= 11 is 0. The number of nitrogens with one attached hydrogen (secondary N) is 1. The third-order valence-electron chi connectivity index (χ3n) is 3.01. The van der Waals surface area contributed by atoms with Crippen LogP contribution in [0.5, 0.6) is 0 Å². The lowest BCUT2D eigenvalue weighted by Crippen LogP contribution is -2.20. The van der Waals surface area contributed by atoms with E-state index < -0.39 is 11.9 Å². The van der Waals surface area contributed by atoms with Crippen LogP contribution in [0.15, 0.2) is 18.2 Å². The maximum Gasteiger partial charge on any atom is 0.312 e. The van der Waals surface area contributed by atoms with Crippen LogP contribution in [0.3, 0.4) is 0 Å². The van der Waals surface area contributed by atoms with Gasteiger partial charge in [0, 0.05) is 12.5 Å². The summed E-state index contributed by atoms with van der Waals surface area (Å²) in [4.78, 5) is 18.7. The number of aromatic nitrogens is 2. The molecule has 1 heterocycles. The summed E-state index contributed by atoms with van der Waals surface area (Å²) in [7, 11) is 0. The van der Waals surface area contributed by atoms with Crippen molar-refractivity contribution >= 4 is 17.0 Å². The number of rotatable bonds is 4. The molecule has 4 N–H and O–H groups in total. The topological polar surface area (TPSA) is 92.0 Å². The van der Waals surface area contributed by atoms with Gasteiger partial charge in [-0.2, -0.15) is 0 Å². The smallest absolute Gasteiger partial charge is 0.312 e. The van der Waals surface area contributed by atoms with Crippen LogP contribution in [0.2, 0.25) is 0 Å². The first-order valence-electron chi connectivity index (χ1n) is 5.95. The predicted molar refractivity (Wildman–Crippen MR) is 69.6 cm³/mol. The largest absolute Gasteiger partial charge is 0.481 e. The highest BCUT2D eigenvalue weighted by Gasteiger charge is 2.18. The van der Waals surface area contributed by atoms with Gasteiger partial charge >= 0.3 is 5.97 Å². The summed E-state index contributed by atoms with van der Waals surface area (Å²) in [6, 6.07) is 5.43. The quantitative estimate of drug-likeness (QED) is 0.768. The van der Waals surface area contributed by atoms with Crippen molar-refractivity contribution in [2.24, 2.45) is 5.73 Å². The van der Waals surface area contributed by atoms with Gasteiger partial charge in [-0.05, 0) is 17.7 Å². The summed E-state index contributed by atoms with van der Waals surface area (Å²) in [5.41, 5.74) is 7.91. The van der Waals surface area contributed by atoms with Crippen molar-refractivity contribution in [1.82, 2.24) is 9.97 Å². The lowest BCUT2D eigenvalue weighted by Gasteiger charge is -2.09. The SMILES string of the molecule is CC(C)c1nc2ccc(C(CN)C(=O)O)cc2[nH]1. The van der Waals surface area contributed by atoms with E-state index in [2.05, 4.69) is 23.8 Å². The first-order chi connectivity index (χ1) is 8.52. The first-order valence-corrected chi connectivity index (χ1v) is 5.95. The Kier molecular flexibility index (Phi) is 3.34. The van der Waals surface area contributed by atoms with E-state index in [9.17, 15) is 4.79 Å². The van der Waals surface area contributed by atoms with Crippen LogP contribution in [0.25, 0.3) is 11.0 Å². The summed E-state index contributed by atoms with van der Waals surface area (Å²) in [6.45, 7) is 4.20. The standard InChI is InChI=1S/C13H17N3O2/c1-7(2)12-15-10-4-3-8(5-11(10)16-12)9(6-14)13(17)18/h3-5,7,9H,6,14H2,1-2H3,(H,15,16)(H,17,18).